The SMILES string of the molecule is CCOC(=O)C1CCCc2sc(NCCCS(C)=O)nc21. The Bertz CT molecular complexity index is 516. The first-order valence-electron chi connectivity index (χ1n) is 7.32. The van der Waals surface area contributed by atoms with Crippen molar-refractivity contribution in [2.45, 2.75) is 38.5 Å². The Kier molecular flexibility index (Phi) is 6.17. The third-order valence-electron chi connectivity index (χ3n) is 3.41. The van der Waals surface area contributed by atoms with Gasteiger partial charge in [0.2, 0.25) is 0 Å². The number of hydrogen-bond acceptors (Lipinski definition) is 6. The zero-order valence-electron chi connectivity index (χ0n) is 12.5. The first-order valence-corrected chi connectivity index (χ1v) is 9.86. The van der Waals surface area contributed by atoms with Crippen molar-refractivity contribution < 1.29 is 13.7 Å². The average Bonchev–Trinajstić information content (AvgIpc) is 2.86. The van der Waals surface area contributed by atoms with Crippen molar-refractivity contribution >= 4 is 33.2 Å². The molecule has 2 rings (SSSR count). The number of aryl methyl sites for hydroxylation is 1. The molecule has 1 aromatic rings. The molecule has 0 saturated heterocycles. The van der Waals surface area contributed by atoms with Gasteiger partial charge < -0.3 is 10.1 Å². The number of thiazole rings is 1. The van der Waals surface area contributed by atoms with Crippen LogP contribution in [0.15, 0.2) is 0 Å². The third-order valence-corrected chi connectivity index (χ3v) is 5.36. The summed E-state index contributed by atoms with van der Waals surface area (Å²) in [5.41, 5.74) is 0.895. The number of carbonyl (C=O) groups is 1. The minimum atomic E-state index is -0.748. The van der Waals surface area contributed by atoms with Crippen LogP contribution < -0.4 is 5.32 Å². The summed E-state index contributed by atoms with van der Waals surface area (Å²) in [7, 11) is -0.748. The van der Waals surface area contributed by atoms with Crippen LogP contribution in [-0.2, 0) is 26.8 Å². The summed E-state index contributed by atoms with van der Waals surface area (Å²) in [6.07, 6.45) is 5.39. The number of hydrogen-bond donors (Lipinski definition) is 1. The molecule has 7 heteroatoms. The Labute approximate surface area is 131 Å². The second kappa shape index (κ2) is 7.89. The number of anilines is 1. The summed E-state index contributed by atoms with van der Waals surface area (Å²) in [4.78, 5) is 17.8. The van der Waals surface area contributed by atoms with E-state index in [1.165, 1.54) is 4.88 Å². The molecule has 0 aliphatic heterocycles. The maximum atomic E-state index is 12.0. The standard InChI is InChI=1S/C14H22N2O3S2/c1-3-19-13(17)10-6-4-7-11-12(10)16-14(20-11)15-8-5-9-21(2)18/h10H,3-9H2,1-2H3,(H,15,16). The first kappa shape index (κ1) is 16.4. The second-order valence-electron chi connectivity index (χ2n) is 5.08. The van der Waals surface area contributed by atoms with E-state index < -0.39 is 10.8 Å². The number of rotatable bonds is 7. The Morgan fingerprint density at radius 1 is 1.57 bits per heavy atom. The minimum Gasteiger partial charge on any atom is -0.465 e. The van der Waals surface area contributed by atoms with E-state index in [4.69, 9.17) is 4.74 Å². The molecule has 2 atom stereocenters. The van der Waals surface area contributed by atoms with Crippen LogP contribution in [0.5, 0.6) is 0 Å². The fourth-order valence-corrected chi connectivity index (χ4v) is 4.08. The Morgan fingerprint density at radius 3 is 3.10 bits per heavy atom. The molecular formula is C14H22N2O3S2. The van der Waals surface area contributed by atoms with E-state index in [0.29, 0.717) is 12.4 Å². The molecule has 5 nitrogen and oxygen atoms in total. The number of fused-ring (bicyclic) bond motifs is 1. The molecule has 0 amide bonds. The van der Waals surface area contributed by atoms with E-state index in [0.717, 1.165) is 43.1 Å². The van der Waals surface area contributed by atoms with Crippen molar-refractivity contribution in [3.8, 4) is 0 Å². The van der Waals surface area contributed by atoms with Gasteiger partial charge in [-0.25, -0.2) is 4.98 Å². The van der Waals surface area contributed by atoms with Crippen molar-refractivity contribution in [2.75, 3.05) is 30.5 Å². The maximum absolute atomic E-state index is 12.0. The fourth-order valence-electron chi connectivity index (χ4n) is 2.44. The topological polar surface area (TPSA) is 68.3 Å². The van der Waals surface area contributed by atoms with Crippen LogP contribution >= 0.6 is 11.3 Å². The molecule has 0 fully saturated rings. The quantitative estimate of drug-likeness (QED) is 0.614. The Morgan fingerprint density at radius 2 is 2.38 bits per heavy atom. The van der Waals surface area contributed by atoms with Crippen LogP contribution in [0.2, 0.25) is 0 Å². The zero-order chi connectivity index (χ0) is 15.2. The molecule has 21 heavy (non-hydrogen) atoms. The van der Waals surface area contributed by atoms with Crippen molar-refractivity contribution in [2.24, 2.45) is 0 Å². The van der Waals surface area contributed by atoms with E-state index in [2.05, 4.69) is 10.3 Å². The fraction of sp³-hybridized carbons (Fsp3) is 0.714. The highest BCUT2D eigenvalue weighted by atomic mass is 32.2. The summed E-state index contributed by atoms with van der Waals surface area (Å²) < 4.78 is 16.2. The highest BCUT2D eigenvalue weighted by Crippen LogP contribution is 2.37. The highest BCUT2D eigenvalue weighted by molar-refractivity contribution is 7.84. The van der Waals surface area contributed by atoms with E-state index in [1.54, 1.807) is 17.6 Å². The summed E-state index contributed by atoms with van der Waals surface area (Å²) in [6.45, 7) is 3.00. The van der Waals surface area contributed by atoms with Crippen LogP contribution in [0.25, 0.3) is 0 Å². The lowest BCUT2D eigenvalue weighted by Crippen LogP contribution is -2.20. The van der Waals surface area contributed by atoms with Crippen molar-refractivity contribution in [1.29, 1.82) is 0 Å². The number of aromatic nitrogens is 1. The number of esters is 1. The van der Waals surface area contributed by atoms with Gasteiger partial charge in [-0.2, -0.15) is 0 Å². The predicted molar refractivity (Wildman–Crippen MR) is 86.5 cm³/mol. The van der Waals surface area contributed by atoms with E-state index in [-0.39, 0.29) is 11.9 Å². The molecule has 1 aliphatic rings. The lowest BCUT2D eigenvalue weighted by Gasteiger charge is -2.19. The molecule has 1 heterocycles. The highest BCUT2D eigenvalue weighted by Gasteiger charge is 2.31. The van der Waals surface area contributed by atoms with Gasteiger partial charge >= 0.3 is 5.97 Å². The van der Waals surface area contributed by atoms with E-state index in [1.807, 2.05) is 6.92 Å². The van der Waals surface area contributed by atoms with Crippen molar-refractivity contribution in [1.82, 2.24) is 4.98 Å². The normalized spacial score (nSPS) is 18.9. The van der Waals surface area contributed by atoms with Gasteiger partial charge in [0.05, 0.1) is 12.3 Å². The minimum absolute atomic E-state index is 0.156. The number of nitrogens with zero attached hydrogens (tertiary/aromatic N) is 1. The van der Waals surface area contributed by atoms with E-state index in [9.17, 15) is 9.00 Å². The Hall–Kier alpha value is -0.950. The number of nitrogens with one attached hydrogen (secondary N) is 1. The second-order valence-corrected chi connectivity index (χ2v) is 7.72. The van der Waals surface area contributed by atoms with Crippen molar-refractivity contribution in [3.63, 3.8) is 0 Å². The molecular weight excluding hydrogens is 308 g/mol. The molecule has 1 N–H and O–H groups in total. The first-order chi connectivity index (χ1) is 10.1. The van der Waals surface area contributed by atoms with Crippen LogP contribution in [0.4, 0.5) is 5.13 Å². The van der Waals surface area contributed by atoms with Crippen LogP contribution in [-0.4, -0.2) is 40.3 Å². The number of carbonyl (C=O) groups excluding carboxylic acids is 1. The van der Waals surface area contributed by atoms with Crippen LogP contribution in [0.1, 0.15) is 42.7 Å². The van der Waals surface area contributed by atoms with Gasteiger partial charge in [0.25, 0.3) is 0 Å². The molecule has 0 aromatic carbocycles. The molecule has 0 radical (unpaired) electrons. The smallest absolute Gasteiger partial charge is 0.315 e. The molecule has 118 valence electrons. The third kappa shape index (κ3) is 4.51. The zero-order valence-corrected chi connectivity index (χ0v) is 14.1. The van der Waals surface area contributed by atoms with Gasteiger partial charge in [0, 0.05) is 34.2 Å². The number of ether oxygens (including phenoxy) is 1. The van der Waals surface area contributed by atoms with Gasteiger partial charge in [0.1, 0.15) is 5.92 Å². The molecule has 1 aromatic heterocycles. The van der Waals surface area contributed by atoms with Gasteiger partial charge in [-0.05, 0) is 32.6 Å². The van der Waals surface area contributed by atoms with Crippen LogP contribution in [0.3, 0.4) is 0 Å². The van der Waals surface area contributed by atoms with Gasteiger partial charge in [-0.15, -0.1) is 11.3 Å². The summed E-state index contributed by atoms with van der Waals surface area (Å²) >= 11 is 1.63. The maximum Gasteiger partial charge on any atom is 0.315 e. The van der Waals surface area contributed by atoms with Gasteiger partial charge in [0.15, 0.2) is 5.13 Å². The summed E-state index contributed by atoms with van der Waals surface area (Å²) in [6, 6.07) is 0. The molecule has 0 bridgehead atoms. The average molecular weight is 330 g/mol. The largest absolute Gasteiger partial charge is 0.465 e. The summed E-state index contributed by atoms with van der Waals surface area (Å²) in [5, 5.41) is 4.13. The monoisotopic (exact) mass is 330 g/mol. The van der Waals surface area contributed by atoms with E-state index >= 15 is 0 Å². The Balaban J connectivity index is 1.98. The summed E-state index contributed by atoms with van der Waals surface area (Å²) in [5.74, 6) is 0.337. The van der Waals surface area contributed by atoms with Gasteiger partial charge in [-0.1, -0.05) is 0 Å². The molecule has 0 saturated carbocycles. The van der Waals surface area contributed by atoms with Crippen molar-refractivity contribution in [3.05, 3.63) is 10.6 Å². The predicted octanol–water partition coefficient (Wildman–Crippen LogP) is 2.31. The lowest BCUT2D eigenvalue weighted by molar-refractivity contribution is -0.145. The molecule has 1 aliphatic carbocycles. The van der Waals surface area contributed by atoms with Crippen LogP contribution in [0, 0.1) is 0 Å². The molecule has 0 spiro atoms. The van der Waals surface area contributed by atoms with Gasteiger partial charge in [-0.3, -0.25) is 9.00 Å². The lowest BCUT2D eigenvalue weighted by atomic mass is 9.91. The molecule has 2 unspecified atom stereocenters.